The number of fused-ring (bicyclic) bond motifs is 3. The van der Waals surface area contributed by atoms with Gasteiger partial charge in [-0.1, -0.05) is 0 Å². The number of rotatable bonds is 4. The van der Waals surface area contributed by atoms with Gasteiger partial charge in [0.05, 0.1) is 12.0 Å². The molecule has 0 saturated carbocycles. The van der Waals surface area contributed by atoms with E-state index in [1.54, 1.807) is 18.4 Å². The van der Waals surface area contributed by atoms with E-state index in [2.05, 4.69) is 15.4 Å². The molecule has 0 atom stereocenters. The predicted molar refractivity (Wildman–Crippen MR) is 72.8 cm³/mol. The van der Waals surface area contributed by atoms with Gasteiger partial charge in [0.1, 0.15) is 10.7 Å². The molecule has 1 aliphatic carbocycles. The number of aromatic nitrogens is 2. The molecule has 0 unspecified atom stereocenters. The molecule has 0 aromatic carbocycles. The highest BCUT2D eigenvalue weighted by Crippen LogP contribution is 2.39. The van der Waals surface area contributed by atoms with Gasteiger partial charge in [-0.05, 0) is 24.8 Å². The third-order valence-electron chi connectivity index (χ3n) is 3.28. The van der Waals surface area contributed by atoms with E-state index in [4.69, 9.17) is 10.6 Å². The zero-order chi connectivity index (χ0) is 12.5. The average molecular weight is 264 g/mol. The Kier molecular flexibility index (Phi) is 3.15. The molecule has 6 heteroatoms. The summed E-state index contributed by atoms with van der Waals surface area (Å²) in [7, 11) is 1.68. The van der Waals surface area contributed by atoms with E-state index >= 15 is 0 Å². The van der Waals surface area contributed by atoms with Crippen LogP contribution in [0.25, 0.3) is 10.2 Å². The first-order chi connectivity index (χ1) is 8.83. The second kappa shape index (κ2) is 4.79. The summed E-state index contributed by atoms with van der Waals surface area (Å²) in [6.07, 6.45) is 4.22. The van der Waals surface area contributed by atoms with Crippen LogP contribution in [0.2, 0.25) is 0 Å². The smallest absolute Gasteiger partial charge is 0.152 e. The fourth-order valence-corrected chi connectivity index (χ4v) is 3.73. The Balaban J connectivity index is 2.11. The summed E-state index contributed by atoms with van der Waals surface area (Å²) < 4.78 is 5.06. The normalized spacial score (nSPS) is 14.1. The van der Waals surface area contributed by atoms with Gasteiger partial charge >= 0.3 is 0 Å². The summed E-state index contributed by atoms with van der Waals surface area (Å²) in [5.74, 6) is 7.14. The molecule has 0 amide bonds. The first-order valence-corrected chi connectivity index (χ1v) is 6.92. The fourth-order valence-electron chi connectivity index (χ4n) is 2.45. The molecule has 0 bridgehead atoms. The Morgan fingerprint density at radius 2 is 2.28 bits per heavy atom. The lowest BCUT2D eigenvalue weighted by atomic mass is 10.2. The van der Waals surface area contributed by atoms with E-state index in [1.165, 1.54) is 16.9 Å². The highest BCUT2D eigenvalue weighted by Gasteiger charge is 2.21. The SMILES string of the molecule is COCCc1nc(NN)c2c3c(sc2n1)CCC3. The van der Waals surface area contributed by atoms with Crippen LogP contribution in [0, 0.1) is 0 Å². The van der Waals surface area contributed by atoms with Crippen molar-refractivity contribution < 1.29 is 4.74 Å². The minimum atomic E-state index is 0.626. The molecule has 0 spiro atoms. The summed E-state index contributed by atoms with van der Waals surface area (Å²) in [5, 5.41) is 1.12. The largest absolute Gasteiger partial charge is 0.384 e. The van der Waals surface area contributed by atoms with Crippen molar-refractivity contribution >= 4 is 27.4 Å². The van der Waals surface area contributed by atoms with Crippen LogP contribution < -0.4 is 11.3 Å². The number of aryl methyl sites for hydroxylation is 2. The van der Waals surface area contributed by atoms with Crippen molar-refractivity contribution in [2.24, 2.45) is 5.84 Å². The number of hydrogen-bond acceptors (Lipinski definition) is 6. The summed E-state index contributed by atoms with van der Waals surface area (Å²) in [5.41, 5.74) is 4.11. The molecule has 2 aromatic rings. The lowest BCUT2D eigenvalue weighted by molar-refractivity contribution is 0.200. The second-order valence-corrected chi connectivity index (χ2v) is 5.50. The van der Waals surface area contributed by atoms with Crippen molar-refractivity contribution in [3.63, 3.8) is 0 Å². The van der Waals surface area contributed by atoms with Gasteiger partial charge in [0.25, 0.3) is 0 Å². The van der Waals surface area contributed by atoms with Crippen molar-refractivity contribution in [3.8, 4) is 0 Å². The Hall–Kier alpha value is -1.24. The molecular weight excluding hydrogens is 248 g/mol. The number of nitrogen functional groups attached to an aromatic ring is 1. The zero-order valence-electron chi connectivity index (χ0n) is 10.3. The Labute approximate surface area is 109 Å². The maximum atomic E-state index is 5.60. The zero-order valence-corrected chi connectivity index (χ0v) is 11.1. The van der Waals surface area contributed by atoms with Gasteiger partial charge in [-0.25, -0.2) is 15.8 Å². The van der Waals surface area contributed by atoms with Crippen LogP contribution in [0.1, 0.15) is 22.7 Å². The Morgan fingerprint density at radius 1 is 1.39 bits per heavy atom. The molecule has 3 rings (SSSR count). The van der Waals surface area contributed by atoms with E-state index < -0.39 is 0 Å². The Morgan fingerprint density at radius 3 is 3.06 bits per heavy atom. The van der Waals surface area contributed by atoms with E-state index in [0.717, 1.165) is 34.7 Å². The third kappa shape index (κ3) is 1.86. The van der Waals surface area contributed by atoms with Gasteiger partial charge in [0, 0.05) is 18.4 Å². The number of hydrogen-bond donors (Lipinski definition) is 2. The minimum Gasteiger partial charge on any atom is -0.384 e. The number of anilines is 1. The predicted octanol–water partition coefficient (Wildman–Crippen LogP) is 1.65. The fraction of sp³-hybridized carbons (Fsp3) is 0.500. The molecule has 0 aliphatic heterocycles. The first-order valence-electron chi connectivity index (χ1n) is 6.10. The number of nitrogens with zero attached hydrogens (tertiary/aromatic N) is 2. The first kappa shape index (κ1) is 11.8. The van der Waals surface area contributed by atoms with Crippen LogP contribution in [-0.2, 0) is 24.0 Å². The van der Waals surface area contributed by atoms with Crippen molar-refractivity contribution in [1.29, 1.82) is 0 Å². The summed E-state index contributed by atoms with van der Waals surface area (Å²) in [6.45, 7) is 0.626. The number of nitrogens with one attached hydrogen (secondary N) is 1. The summed E-state index contributed by atoms with van der Waals surface area (Å²) >= 11 is 1.78. The van der Waals surface area contributed by atoms with Crippen LogP contribution in [0.4, 0.5) is 5.82 Å². The number of ether oxygens (including phenoxy) is 1. The highest BCUT2D eigenvalue weighted by molar-refractivity contribution is 7.19. The standard InChI is InChI=1S/C12H16N4OS/c1-17-6-5-9-14-11(16-13)10-7-3-2-4-8(7)18-12(10)15-9/h2-6,13H2,1H3,(H,14,15,16). The van der Waals surface area contributed by atoms with E-state index in [-0.39, 0.29) is 0 Å². The van der Waals surface area contributed by atoms with E-state index in [9.17, 15) is 0 Å². The lowest BCUT2D eigenvalue weighted by Crippen LogP contribution is -2.12. The van der Waals surface area contributed by atoms with Crippen LogP contribution >= 0.6 is 11.3 Å². The van der Waals surface area contributed by atoms with Crippen LogP contribution in [-0.4, -0.2) is 23.7 Å². The van der Waals surface area contributed by atoms with Crippen molar-refractivity contribution in [3.05, 3.63) is 16.3 Å². The van der Waals surface area contributed by atoms with Crippen LogP contribution in [0.15, 0.2) is 0 Å². The van der Waals surface area contributed by atoms with Crippen molar-refractivity contribution in [2.75, 3.05) is 19.1 Å². The molecule has 1 aliphatic rings. The van der Waals surface area contributed by atoms with E-state index in [1.807, 2.05) is 0 Å². The third-order valence-corrected chi connectivity index (χ3v) is 4.46. The Bertz CT molecular complexity index is 581. The van der Waals surface area contributed by atoms with Crippen LogP contribution in [0.5, 0.6) is 0 Å². The average Bonchev–Trinajstić information content (AvgIpc) is 2.95. The highest BCUT2D eigenvalue weighted by atomic mass is 32.1. The lowest BCUT2D eigenvalue weighted by Gasteiger charge is -2.06. The monoisotopic (exact) mass is 264 g/mol. The quantitative estimate of drug-likeness (QED) is 0.649. The molecule has 18 heavy (non-hydrogen) atoms. The van der Waals surface area contributed by atoms with Gasteiger partial charge in [-0.2, -0.15) is 0 Å². The maximum Gasteiger partial charge on any atom is 0.152 e. The van der Waals surface area contributed by atoms with Gasteiger partial charge < -0.3 is 10.2 Å². The van der Waals surface area contributed by atoms with Gasteiger partial charge in [0.2, 0.25) is 0 Å². The van der Waals surface area contributed by atoms with Crippen molar-refractivity contribution in [2.45, 2.75) is 25.7 Å². The topological polar surface area (TPSA) is 73.1 Å². The molecule has 0 fully saturated rings. The molecule has 0 saturated heterocycles. The molecule has 3 N–H and O–H groups in total. The number of thiophene rings is 1. The van der Waals surface area contributed by atoms with E-state index in [0.29, 0.717) is 13.0 Å². The summed E-state index contributed by atoms with van der Waals surface area (Å²) in [6, 6.07) is 0. The molecule has 0 radical (unpaired) electrons. The molecule has 2 aromatic heterocycles. The minimum absolute atomic E-state index is 0.626. The number of hydrazine groups is 1. The van der Waals surface area contributed by atoms with Crippen LogP contribution in [0.3, 0.4) is 0 Å². The number of methoxy groups -OCH3 is 1. The van der Waals surface area contributed by atoms with Gasteiger partial charge in [0.15, 0.2) is 5.82 Å². The molecule has 2 heterocycles. The molecule has 5 nitrogen and oxygen atoms in total. The van der Waals surface area contributed by atoms with Gasteiger partial charge in [-0.15, -0.1) is 11.3 Å². The second-order valence-electron chi connectivity index (χ2n) is 4.41. The summed E-state index contributed by atoms with van der Waals surface area (Å²) in [4.78, 5) is 11.6. The number of nitrogens with two attached hydrogens (primary N) is 1. The van der Waals surface area contributed by atoms with Gasteiger partial charge in [-0.3, -0.25) is 0 Å². The maximum absolute atomic E-state index is 5.60. The van der Waals surface area contributed by atoms with Crippen molar-refractivity contribution in [1.82, 2.24) is 9.97 Å². The molecular formula is C12H16N4OS. The molecule has 96 valence electrons.